The monoisotopic (exact) mass is 274 g/mol. The maximum atomic E-state index is 11.0. The molecule has 0 aliphatic heterocycles. The smallest absolute Gasteiger partial charge is 0.309 e. The lowest BCUT2D eigenvalue weighted by molar-refractivity contribution is -0.136. The van der Waals surface area contributed by atoms with Gasteiger partial charge in [0.25, 0.3) is 0 Å². The van der Waals surface area contributed by atoms with Gasteiger partial charge in [0, 0.05) is 5.56 Å². The average Bonchev–Trinajstić information content (AvgIpc) is 2.72. The van der Waals surface area contributed by atoms with Gasteiger partial charge in [0.15, 0.2) is 0 Å². The molecule has 20 heavy (non-hydrogen) atoms. The lowest BCUT2D eigenvalue weighted by Crippen LogP contribution is -2.02. The van der Waals surface area contributed by atoms with Gasteiger partial charge in [-0.3, -0.25) is 4.79 Å². The van der Waals surface area contributed by atoms with E-state index in [0.717, 1.165) is 16.7 Å². The van der Waals surface area contributed by atoms with Gasteiger partial charge in [-0.2, -0.15) is 0 Å². The Morgan fingerprint density at radius 3 is 2.55 bits per heavy atom. The van der Waals surface area contributed by atoms with Crippen LogP contribution in [-0.2, 0) is 11.2 Å². The van der Waals surface area contributed by atoms with E-state index >= 15 is 0 Å². The minimum atomic E-state index is -0.891. The van der Waals surface area contributed by atoms with Crippen LogP contribution in [0.5, 0.6) is 5.75 Å². The largest absolute Gasteiger partial charge is 0.496 e. The van der Waals surface area contributed by atoms with Gasteiger partial charge < -0.3 is 14.8 Å². The summed E-state index contributed by atoms with van der Waals surface area (Å²) >= 11 is 0. The van der Waals surface area contributed by atoms with Crippen LogP contribution in [0.1, 0.15) is 22.6 Å². The van der Waals surface area contributed by atoms with Gasteiger partial charge >= 0.3 is 5.97 Å². The van der Waals surface area contributed by atoms with Crippen LogP contribution in [0.4, 0.5) is 0 Å². The Bertz CT molecular complexity index is 659. The number of methoxy groups -OCH3 is 1. The van der Waals surface area contributed by atoms with Crippen LogP contribution in [0.25, 0.3) is 11.3 Å². The molecular formula is C15H18N2O3. The summed E-state index contributed by atoms with van der Waals surface area (Å²) in [5.74, 6) is 0.500. The van der Waals surface area contributed by atoms with Crippen LogP contribution in [0.3, 0.4) is 0 Å². The molecule has 1 heterocycles. The van der Waals surface area contributed by atoms with Crippen molar-refractivity contribution in [3.8, 4) is 17.0 Å². The molecule has 0 aliphatic carbocycles. The van der Waals surface area contributed by atoms with Gasteiger partial charge in [-0.1, -0.05) is 0 Å². The number of nitrogens with one attached hydrogen (secondary N) is 1. The number of carboxylic acids is 1. The summed E-state index contributed by atoms with van der Waals surface area (Å²) < 4.78 is 5.40. The number of hydrogen-bond acceptors (Lipinski definition) is 3. The first-order chi connectivity index (χ1) is 9.42. The van der Waals surface area contributed by atoms with Crippen molar-refractivity contribution in [2.24, 2.45) is 0 Å². The van der Waals surface area contributed by atoms with Crippen molar-refractivity contribution in [1.82, 2.24) is 9.97 Å². The van der Waals surface area contributed by atoms with E-state index in [9.17, 15) is 4.79 Å². The molecule has 5 heteroatoms. The molecule has 2 N–H and O–H groups in total. The maximum Gasteiger partial charge on any atom is 0.309 e. The van der Waals surface area contributed by atoms with Crippen LogP contribution in [-0.4, -0.2) is 28.2 Å². The quantitative estimate of drug-likeness (QED) is 0.898. The van der Waals surface area contributed by atoms with Crippen molar-refractivity contribution in [2.45, 2.75) is 27.2 Å². The lowest BCUT2D eigenvalue weighted by atomic mass is 10.0. The Morgan fingerprint density at radius 1 is 1.30 bits per heavy atom. The molecule has 0 unspecified atom stereocenters. The van der Waals surface area contributed by atoms with E-state index in [1.165, 1.54) is 0 Å². The third-order valence-corrected chi connectivity index (χ3v) is 3.30. The average molecular weight is 274 g/mol. The molecule has 0 aliphatic rings. The van der Waals surface area contributed by atoms with Crippen molar-refractivity contribution in [1.29, 1.82) is 0 Å². The Hall–Kier alpha value is -2.30. The van der Waals surface area contributed by atoms with Gasteiger partial charge in [0.1, 0.15) is 11.6 Å². The molecule has 1 aromatic carbocycles. The van der Waals surface area contributed by atoms with E-state index in [4.69, 9.17) is 9.84 Å². The number of hydrogen-bond donors (Lipinski definition) is 2. The van der Waals surface area contributed by atoms with E-state index in [1.807, 2.05) is 32.9 Å². The van der Waals surface area contributed by atoms with Gasteiger partial charge in [0.2, 0.25) is 0 Å². The highest BCUT2D eigenvalue weighted by Crippen LogP contribution is 2.33. The van der Waals surface area contributed by atoms with Crippen LogP contribution in [0.15, 0.2) is 12.1 Å². The number of aromatic nitrogens is 2. The second-order valence-electron chi connectivity index (χ2n) is 4.86. The molecule has 0 radical (unpaired) electrons. The SMILES string of the molecule is COc1cc(C)c(C)cc1-c1nc(C)[nH]c1CC(=O)O. The number of H-pyrrole nitrogens is 1. The third-order valence-electron chi connectivity index (χ3n) is 3.30. The minimum Gasteiger partial charge on any atom is -0.496 e. The Balaban J connectivity index is 2.61. The predicted molar refractivity (Wildman–Crippen MR) is 76.1 cm³/mol. The van der Waals surface area contributed by atoms with Crippen molar-refractivity contribution < 1.29 is 14.6 Å². The second kappa shape index (κ2) is 5.36. The third kappa shape index (κ3) is 2.66. The number of carbonyl (C=O) groups is 1. The zero-order valence-corrected chi connectivity index (χ0v) is 12.1. The standard InChI is InChI=1S/C15H18N2O3/c1-8-5-11(13(20-4)6-9(8)2)15-12(7-14(18)19)16-10(3)17-15/h5-6H,7H2,1-4H3,(H,16,17)(H,18,19). The zero-order valence-electron chi connectivity index (χ0n) is 12.1. The van der Waals surface area contributed by atoms with Crippen LogP contribution < -0.4 is 4.74 Å². The molecule has 0 fully saturated rings. The highest BCUT2D eigenvalue weighted by molar-refractivity contribution is 5.77. The number of ether oxygens (including phenoxy) is 1. The van der Waals surface area contributed by atoms with E-state index in [0.29, 0.717) is 23.0 Å². The Kier molecular flexibility index (Phi) is 3.79. The normalized spacial score (nSPS) is 10.6. The van der Waals surface area contributed by atoms with E-state index in [-0.39, 0.29) is 6.42 Å². The first-order valence-electron chi connectivity index (χ1n) is 6.35. The summed E-state index contributed by atoms with van der Waals surface area (Å²) in [7, 11) is 1.60. The summed E-state index contributed by atoms with van der Waals surface area (Å²) in [6.45, 7) is 5.83. The van der Waals surface area contributed by atoms with E-state index < -0.39 is 5.97 Å². The van der Waals surface area contributed by atoms with Crippen LogP contribution in [0.2, 0.25) is 0 Å². The fourth-order valence-electron chi connectivity index (χ4n) is 2.19. The van der Waals surface area contributed by atoms with Crippen LogP contribution in [0, 0.1) is 20.8 Å². The first kappa shape index (κ1) is 14.1. The predicted octanol–water partition coefficient (Wildman–Crippen LogP) is 2.64. The summed E-state index contributed by atoms with van der Waals surface area (Å²) in [4.78, 5) is 18.4. The topological polar surface area (TPSA) is 75.2 Å². The fourth-order valence-corrected chi connectivity index (χ4v) is 2.19. The molecule has 5 nitrogen and oxygen atoms in total. The molecule has 0 spiro atoms. The molecule has 2 rings (SSSR count). The van der Waals surface area contributed by atoms with E-state index in [2.05, 4.69) is 9.97 Å². The van der Waals surface area contributed by atoms with Crippen molar-refractivity contribution in [2.75, 3.05) is 7.11 Å². The number of nitrogens with zero attached hydrogens (tertiary/aromatic N) is 1. The number of aromatic amines is 1. The minimum absolute atomic E-state index is 0.0910. The highest BCUT2D eigenvalue weighted by Gasteiger charge is 2.17. The highest BCUT2D eigenvalue weighted by atomic mass is 16.5. The van der Waals surface area contributed by atoms with Crippen molar-refractivity contribution in [3.63, 3.8) is 0 Å². The fraction of sp³-hybridized carbons (Fsp3) is 0.333. The number of benzene rings is 1. The zero-order chi connectivity index (χ0) is 14.9. The van der Waals surface area contributed by atoms with Crippen molar-refractivity contribution in [3.05, 3.63) is 34.8 Å². The maximum absolute atomic E-state index is 11.0. The summed E-state index contributed by atoms with van der Waals surface area (Å²) in [5, 5.41) is 8.99. The number of aryl methyl sites for hydroxylation is 3. The summed E-state index contributed by atoms with van der Waals surface area (Å²) in [6, 6.07) is 3.92. The van der Waals surface area contributed by atoms with Gasteiger partial charge in [-0.25, -0.2) is 4.98 Å². The molecule has 2 aromatic rings. The first-order valence-corrected chi connectivity index (χ1v) is 6.35. The molecule has 106 valence electrons. The number of imidazole rings is 1. The molecule has 1 aromatic heterocycles. The number of carboxylic acid groups (broad SMARTS) is 1. The van der Waals surface area contributed by atoms with Gasteiger partial charge in [0.05, 0.1) is 24.9 Å². The lowest BCUT2D eigenvalue weighted by Gasteiger charge is -2.11. The molecule has 0 saturated carbocycles. The Labute approximate surface area is 117 Å². The Morgan fingerprint density at radius 2 is 1.95 bits per heavy atom. The second-order valence-corrected chi connectivity index (χ2v) is 4.86. The number of rotatable bonds is 4. The van der Waals surface area contributed by atoms with Crippen LogP contribution >= 0.6 is 0 Å². The van der Waals surface area contributed by atoms with Crippen molar-refractivity contribution >= 4 is 5.97 Å². The number of aliphatic carboxylic acids is 1. The summed E-state index contributed by atoms with van der Waals surface area (Å²) in [6.07, 6.45) is -0.0910. The van der Waals surface area contributed by atoms with E-state index in [1.54, 1.807) is 7.11 Å². The van der Waals surface area contributed by atoms with Gasteiger partial charge in [-0.05, 0) is 44.0 Å². The molecule has 0 amide bonds. The summed E-state index contributed by atoms with van der Waals surface area (Å²) in [5.41, 5.74) is 4.29. The molecule has 0 bridgehead atoms. The molecule has 0 atom stereocenters. The van der Waals surface area contributed by atoms with Gasteiger partial charge in [-0.15, -0.1) is 0 Å². The molecule has 0 saturated heterocycles. The molecular weight excluding hydrogens is 256 g/mol.